The van der Waals surface area contributed by atoms with E-state index in [1.807, 2.05) is 19.1 Å². The summed E-state index contributed by atoms with van der Waals surface area (Å²) < 4.78 is 13.2. The van der Waals surface area contributed by atoms with E-state index < -0.39 is 0 Å². The lowest BCUT2D eigenvalue weighted by Gasteiger charge is -2.09. The molecular formula is C15H13ClFNO. The zero-order valence-corrected chi connectivity index (χ0v) is 11.4. The smallest absolute Gasteiger partial charge is 0.255 e. The molecule has 19 heavy (non-hydrogen) atoms. The van der Waals surface area contributed by atoms with Gasteiger partial charge < -0.3 is 5.32 Å². The second-order valence-electron chi connectivity index (χ2n) is 4.35. The SMILES string of the molecule is Cc1cc(C(=O)Nc2cccc(C)c2Cl)ccc1F. The largest absolute Gasteiger partial charge is 0.321 e. The van der Waals surface area contributed by atoms with Crippen molar-refractivity contribution < 1.29 is 9.18 Å². The molecule has 0 radical (unpaired) electrons. The standard InChI is InChI=1S/C15H13ClFNO/c1-9-4-3-5-13(14(9)16)18-15(19)11-6-7-12(17)10(2)8-11/h3-8H,1-2H3,(H,18,19). The molecule has 2 nitrogen and oxygen atoms in total. The first-order chi connectivity index (χ1) is 8.99. The van der Waals surface area contributed by atoms with E-state index in [1.54, 1.807) is 13.0 Å². The normalized spacial score (nSPS) is 10.3. The average molecular weight is 278 g/mol. The molecule has 98 valence electrons. The molecule has 0 heterocycles. The molecule has 0 fully saturated rings. The summed E-state index contributed by atoms with van der Waals surface area (Å²) >= 11 is 6.11. The van der Waals surface area contributed by atoms with Crippen LogP contribution in [0.1, 0.15) is 21.5 Å². The fourth-order valence-electron chi connectivity index (χ4n) is 1.72. The number of benzene rings is 2. The summed E-state index contributed by atoms with van der Waals surface area (Å²) in [7, 11) is 0. The highest BCUT2D eigenvalue weighted by Gasteiger charge is 2.10. The van der Waals surface area contributed by atoms with Gasteiger partial charge >= 0.3 is 0 Å². The van der Waals surface area contributed by atoms with Crippen LogP contribution >= 0.6 is 11.6 Å². The monoisotopic (exact) mass is 277 g/mol. The summed E-state index contributed by atoms with van der Waals surface area (Å²) in [6.07, 6.45) is 0. The van der Waals surface area contributed by atoms with Crippen molar-refractivity contribution in [3.63, 3.8) is 0 Å². The lowest BCUT2D eigenvalue weighted by molar-refractivity contribution is 0.102. The van der Waals surface area contributed by atoms with E-state index in [0.717, 1.165) is 5.56 Å². The number of hydrogen-bond acceptors (Lipinski definition) is 1. The molecule has 0 aliphatic rings. The molecule has 1 N–H and O–H groups in total. The molecule has 0 aliphatic carbocycles. The van der Waals surface area contributed by atoms with Crippen LogP contribution in [0.4, 0.5) is 10.1 Å². The molecule has 0 aliphatic heterocycles. The molecule has 0 bridgehead atoms. The van der Waals surface area contributed by atoms with E-state index in [4.69, 9.17) is 11.6 Å². The number of carbonyl (C=O) groups is 1. The van der Waals surface area contributed by atoms with Crippen LogP contribution in [-0.4, -0.2) is 5.91 Å². The summed E-state index contributed by atoms with van der Waals surface area (Å²) in [6.45, 7) is 3.48. The topological polar surface area (TPSA) is 29.1 Å². The van der Waals surface area contributed by atoms with E-state index in [1.165, 1.54) is 18.2 Å². The molecule has 0 unspecified atom stereocenters. The first kappa shape index (κ1) is 13.6. The minimum atomic E-state index is -0.329. The Hall–Kier alpha value is -1.87. The van der Waals surface area contributed by atoms with E-state index in [0.29, 0.717) is 21.8 Å². The highest BCUT2D eigenvalue weighted by Crippen LogP contribution is 2.25. The summed E-state index contributed by atoms with van der Waals surface area (Å²) in [5, 5.41) is 3.23. The summed E-state index contributed by atoms with van der Waals surface area (Å²) in [6, 6.07) is 9.63. The molecular weight excluding hydrogens is 265 g/mol. The van der Waals surface area contributed by atoms with Crippen molar-refractivity contribution in [2.45, 2.75) is 13.8 Å². The van der Waals surface area contributed by atoms with Crippen LogP contribution in [0.2, 0.25) is 5.02 Å². The lowest BCUT2D eigenvalue weighted by atomic mass is 10.1. The van der Waals surface area contributed by atoms with Crippen LogP contribution in [0.25, 0.3) is 0 Å². The predicted molar refractivity (Wildman–Crippen MR) is 75.3 cm³/mol. The van der Waals surface area contributed by atoms with Gasteiger partial charge in [0.25, 0.3) is 5.91 Å². The number of nitrogens with one attached hydrogen (secondary N) is 1. The Morgan fingerprint density at radius 3 is 2.58 bits per heavy atom. The van der Waals surface area contributed by atoms with Crippen LogP contribution in [0.5, 0.6) is 0 Å². The highest BCUT2D eigenvalue weighted by atomic mass is 35.5. The molecule has 2 aromatic rings. The van der Waals surface area contributed by atoms with Gasteiger partial charge in [0.1, 0.15) is 5.82 Å². The number of halogens is 2. The Morgan fingerprint density at radius 2 is 1.89 bits per heavy atom. The van der Waals surface area contributed by atoms with Gasteiger partial charge in [0.2, 0.25) is 0 Å². The maximum atomic E-state index is 13.2. The number of hydrogen-bond donors (Lipinski definition) is 1. The summed E-state index contributed by atoms with van der Waals surface area (Å²) in [5.74, 6) is -0.638. The van der Waals surface area contributed by atoms with Crippen molar-refractivity contribution in [2.24, 2.45) is 0 Å². The number of anilines is 1. The van der Waals surface area contributed by atoms with Crippen molar-refractivity contribution in [2.75, 3.05) is 5.32 Å². The lowest BCUT2D eigenvalue weighted by Crippen LogP contribution is -2.12. The van der Waals surface area contributed by atoms with Crippen LogP contribution in [0, 0.1) is 19.7 Å². The van der Waals surface area contributed by atoms with Gasteiger partial charge in [-0.05, 0) is 49.2 Å². The van der Waals surface area contributed by atoms with E-state index in [9.17, 15) is 9.18 Å². The minimum absolute atomic E-state index is 0.310. The van der Waals surface area contributed by atoms with Crippen LogP contribution in [0.15, 0.2) is 36.4 Å². The second kappa shape index (κ2) is 5.41. The number of aryl methyl sites for hydroxylation is 2. The van der Waals surface area contributed by atoms with Gasteiger partial charge in [-0.15, -0.1) is 0 Å². The third-order valence-corrected chi connectivity index (χ3v) is 3.36. The molecule has 0 atom stereocenters. The average Bonchev–Trinajstić information content (AvgIpc) is 2.38. The molecule has 0 saturated heterocycles. The Bertz CT molecular complexity index is 640. The van der Waals surface area contributed by atoms with E-state index in [2.05, 4.69) is 5.32 Å². The maximum absolute atomic E-state index is 13.2. The molecule has 4 heteroatoms. The van der Waals surface area contributed by atoms with Crippen molar-refractivity contribution in [3.8, 4) is 0 Å². The Kier molecular flexibility index (Phi) is 3.86. The van der Waals surface area contributed by atoms with Crippen LogP contribution in [0.3, 0.4) is 0 Å². The van der Waals surface area contributed by atoms with E-state index in [-0.39, 0.29) is 11.7 Å². The van der Waals surface area contributed by atoms with Gasteiger partial charge in [0.05, 0.1) is 10.7 Å². The van der Waals surface area contributed by atoms with Gasteiger partial charge in [-0.25, -0.2) is 4.39 Å². The van der Waals surface area contributed by atoms with Crippen molar-refractivity contribution in [3.05, 3.63) is 63.9 Å². The molecule has 0 aromatic heterocycles. The van der Waals surface area contributed by atoms with Gasteiger partial charge in [-0.1, -0.05) is 23.7 Å². The number of amides is 1. The Morgan fingerprint density at radius 1 is 1.16 bits per heavy atom. The number of rotatable bonds is 2. The number of carbonyl (C=O) groups excluding carboxylic acids is 1. The van der Waals surface area contributed by atoms with Crippen molar-refractivity contribution in [1.82, 2.24) is 0 Å². The van der Waals surface area contributed by atoms with Gasteiger partial charge in [0, 0.05) is 5.56 Å². The fraction of sp³-hybridized carbons (Fsp3) is 0.133. The van der Waals surface area contributed by atoms with Crippen LogP contribution < -0.4 is 5.32 Å². The quantitative estimate of drug-likeness (QED) is 0.869. The van der Waals surface area contributed by atoms with Gasteiger partial charge in [-0.3, -0.25) is 4.79 Å². The first-order valence-electron chi connectivity index (χ1n) is 5.81. The second-order valence-corrected chi connectivity index (χ2v) is 4.73. The predicted octanol–water partition coefficient (Wildman–Crippen LogP) is 4.35. The summed E-state index contributed by atoms with van der Waals surface area (Å²) in [4.78, 5) is 12.0. The van der Waals surface area contributed by atoms with Crippen molar-refractivity contribution in [1.29, 1.82) is 0 Å². The Labute approximate surface area is 116 Å². The highest BCUT2D eigenvalue weighted by molar-refractivity contribution is 6.34. The van der Waals surface area contributed by atoms with Crippen molar-refractivity contribution >= 4 is 23.2 Å². The summed E-state index contributed by atoms with van der Waals surface area (Å²) in [5.41, 5.74) is 2.27. The molecule has 0 spiro atoms. The third kappa shape index (κ3) is 2.93. The van der Waals surface area contributed by atoms with E-state index >= 15 is 0 Å². The first-order valence-corrected chi connectivity index (χ1v) is 6.19. The zero-order chi connectivity index (χ0) is 14.0. The minimum Gasteiger partial charge on any atom is -0.321 e. The Balaban J connectivity index is 2.26. The van der Waals surface area contributed by atoms with Crippen LogP contribution in [-0.2, 0) is 0 Å². The maximum Gasteiger partial charge on any atom is 0.255 e. The fourth-order valence-corrected chi connectivity index (χ4v) is 1.90. The molecule has 2 rings (SSSR count). The van der Waals surface area contributed by atoms with Gasteiger partial charge in [-0.2, -0.15) is 0 Å². The third-order valence-electron chi connectivity index (χ3n) is 2.86. The molecule has 2 aromatic carbocycles. The van der Waals surface area contributed by atoms with Gasteiger partial charge in [0.15, 0.2) is 0 Å². The molecule has 0 saturated carbocycles. The zero-order valence-electron chi connectivity index (χ0n) is 10.6. The molecule has 1 amide bonds.